The summed E-state index contributed by atoms with van der Waals surface area (Å²) in [6.07, 6.45) is 3.59. The van der Waals surface area contributed by atoms with Crippen molar-refractivity contribution in [2.45, 2.75) is 44.1 Å². The van der Waals surface area contributed by atoms with E-state index < -0.39 is 5.41 Å². The van der Waals surface area contributed by atoms with Gasteiger partial charge in [-0.3, -0.25) is 9.59 Å². The van der Waals surface area contributed by atoms with Gasteiger partial charge in [0.05, 0.1) is 5.56 Å². The van der Waals surface area contributed by atoms with Gasteiger partial charge in [0.1, 0.15) is 16.9 Å². The number of benzene rings is 4. The standard InChI is InChI=1S/C37H39N3O3/c1-2-38-36(42)37(32-19-9-6-16-29(32)30-17-7-10-20-33(30)37)23-12-13-24-40-25-22-27(26-40)39-35(41)31-18-8-11-21-34(31)43-28-14-4-3-5-15-28/h3-11,14-21,27H,2,12-13,22-26H2,1H3,(H,38,42)(H,39,41). The van der Waals surface area contributed by atoms with Gasteiger partial charge in [0.2, 0.25) is 5.91 Å². The predicted octanol–water partition coefficient (Wildman–Crippen LogP) is 6.56. The highest BCUT2D eigenvalue weighted by atomic mass is 16.5. The minimum Gasteiger partial charge on any atom is -0.457 e. The van der Waals surface area contributed by atoms with Crippen molar-refractivity contribution >= 4 is 11.8 Å². The van der Waals surface area contributed by atoms with Crippen LogP contribution in [0.3, 0.4) is 0 Å². The molecule has 1 saturated heterocycles. The van der Waals surface area contributed by atoms with Gasteiger partial charge in [0, 0.05) is 25.7 Å². The average molecular weight is 574 g/mol. The molecule has 0 bridgehead atoms. The smallest absolute Gasteiger partial charge is 0.255 e. The predicted molar refractivity (Wildman–Crippen MR) is 170 cm³/mol. The van der Waals surface area contributed by atoms with Crippen molar-refractivity contribution in [3.8, 4) is 22.6 Å². The number of likely N-dealkylation sites (tertiary alicyclic amines) is 1. The lowest BCUT2D eigenvalue weighted by atomic mass is 9.73. The quantitative estimate of drug-likeness (QED) is 0.200. The third-order valence-corrected chi connectivity index (χ3v) is 8.78. The van der Waals surface area contributed by atoms with Crippen LogP contribution in [0.4, 0.5) is 0 Å². The number of nitrogens with zero attached hydrogens (tertiary/aromatic N) is 1. The Labute approximate surface area is 254 Å². The molecule has 220 valence electrons. The van der Waals surface area contributed by atoms with Crippen LogP contribution >= 0.6 is 0 Å². The van der Waals surface area contributed by atoms with Crippen LogP contribution in [0, 0.1) is 0 Å². The lowest BCUT2D eigenvalue weighted by Crippen LogP contribution is -2.44. The summed E-state index contributed by atoms with van der Waals surface area (Å²) >= 11 is 0. The van der Waals surface area contributed by atoms with Crippen molar-refractivity contribution in [2.75, 3.05) is 26.2 Å². The Morgan fingerprint density at radius 3 is 2.21 bits per heavy atom. The molecule has 1 fully saturated rings. The zero-order valence-corrected chi connectivity index (χ0v) is 24.7. The van der Waals surface area contributed by atoms with Crippen molar-refractivity contribution in [1.29, 1.82) is 0 Å². The van der Waals surface area contributed by atoms with E-state index in [4.69, 9.17) is 4.74 Å². The fraction of sp³-hybridized carbons (Fsp3) is 0.297. The Hall–Kier alpha value is -4.42. The Balaban J connectivity index is 1.06. The number of rotatable bonds is 11. The van der Waals surface area contributed by atoms with Crippen LogP contribution in [0.25, 0.3) is 11.1 Å². The van der Waals surface area contributed by atoms with Crippen LogP contribution in [0.5, 0.6) is 11.5 Å². The fourth-order valence-corrected chi connectivity index (χ4v) is 6.77. The summed E-state index contributed by atoms with van der Waals surface area (Å²) in [5.41, 5.74) is 4.43. The van der Waals surface area contributed by atoms with Gasteiger partial charge in [-0.1, -0.05) is 85.3 Å². The molecule has 4 aromatic carbocycles. The van der Waals surface area contributed by atoms with Gasteiger partial charge < -0.3 is 20.3 Å². The molecule has 6 rings (SSSR count). The molecule has 2 aliphatic rings. The number of para-hydroxylation sites is 2. The third-order valence-electron chi connectivity index (χ3n) is 8.78. The maximum atomic E-state index is 13.8. The van der Waals surface area contributed by atoms with Crippen molar-refractivity contribution in [1.82, 2.24) is 15.5 Å². The van der Waals surface area contributed by atoms with Crippen molar-refractivity contribution in [3.05, 3.63) is 120 Å². The van der Waals surface area contributed by atoms with E-state index in [2.05, 4.69) is 51.9 Å². The van der Waals surface area contributed by atoms with E-state index in [1.54, 1.807) is 0 Å². The van der Waals surface area contributed by atoms with Crippen LogP contribution in [0.15, 0.2) is 103 Å². The summed E-state index contributed by atoms with van der Waals surface area (Å²) in [6, 6.07) is 33.7. The van der Waals surface area contributed by atoms with Gasteiger partial charge >= 0.3 is 0 Å². The zero-order valence-electron chi connectivity index (χ0n) is 24.7. The first kappa shape index (κ1) is 28.7. The average Bonchev–Trinajstić information content (AvgIpc) is 3.60. The molecule has 0 radical (unpaired) electrons. The van der Waals surface area contributed by atoms with Gasteiger partial charge in [0.15, 0.2) is 0 Å². The first-order valence-corrected chi connectivity index (χ1v) is 15.4. The van der Waals surface area contributed by atoms with Gasteiger partial charge in [-0.25, -0.2) is 0 Å². The van der Waals surface area contributed by atoms with Crippen LogP contribution in [0.1, 0.15) is 54.1 Å². The first-order chi connectivity index (χ1) is 21.1. The number of carbonyl (C=O) groups is 2. The molecule has 4 aromatic rings. The molecule has 6 nitrogen and oxygen atoms in total. The molecule has 1 aliphatic carbocycles. The summed E-state index contributed by atoms with van der Waals surface area (Å²) in [4.78, 5) is 29.4. The van der Waals surface area contributed by atoms with Crippen molar-refractivity contribution in [3.63, 3.8) is 0 Å². The number of amides is 2. The second-order valence-corrected chi connectivity index (χ2v) is 11.5. The van der Waals surface area contributed by atoms with E-state index in [1.165, 1.54) is 11.1 Å². The van der Waals surface area contributed by atoms with E-state index in [1.807, 2.05) is 73.7 Å². The molecule has 6 heteroatoms. The van der Waals surface area contributed by atoms with Crippen molar-refractivity contribution < 1.29 is 14.3 Å². The number of hydrogen-bond donors (Lipinski definition) is 2. The SMILES string of the molecule is CCNC(=O)C1(CCCCN2CCC(NC(=O)c3ccccc3Oc3ccccc3)C2)c2ccccc2-c2ccccc21. The van der Waals surface area contributed by atoms with Crippen LogP contribution in [-0.4, -0.2) is 48.9 Å². The number of nitrogens with one attached hydrogen (secondary N) is 2. The normalized spacial score (nSPS) is 16.7. The highest BCUT2D eigenvalue weighted by Gasteiger charge is 2.48. The molecular weight excluding hydrogens is 534 g/mol. The maximum absolute atomic E-state index is 13.8. The van der Waals surface area contributed by atoms with Crippen LogP contribution in [0.2, 0.25) is 0 Å². The monoisotopic (exact) mass is 573 g/mol. The van der Waals surface area contributed by atoms with E-state index in [9.17, 15) is 9.59 Å². The molecule has 1 heterocycles. The van der Waals surface area contributed by atoms with Gasteiger partial charge in [-0.2, -0.15) is 0 Å². The number of hydrogen-bond acceptors (Lipinski definition) is 4. The Kier molecular flexibility index (Phi) is 8.57. The largest absolute Gasteiger partial charge is 0.457 e. The third kappa shape index (κ3) is 5.80. The summed E-state index contributed by atoms with van der Waals surface area (Å²) in [7, 11) is 0. The number of likely N-dealkylation sites (N-methyl/N-ethyl adjacent to an activating group) is 1. The van der Waals surface area contributed by atoms with Crippen molar-refractivity contribution in [2.24, 2.45) is 0 Å². The first-order valence-electron chi connectivity index (χ1n) is 15.4. The number of unbranched alkanes of at least 4 members (excludes halogenated alkanes) is 1. The molecule has 1 aliphatic heterocycles. The second-order valence-electron chi connectivity index (χ2n) is 11.5. The summed E-state index contributed by atoms with van der Waals surface area (Å²) in [5.74, 6) is 1.24. The van der Waals surface area contributed by atoms with Crippen LogP contribution in [-0.2, 0) is 10.2 Å². The fourth-order valence-electron chi connectivity index (χ4n) is 6.77. The van der Waals surface area contributed by atoms with E-state index >= 15 is 0 Å². The molecule has 2 amide bonds. The molecule has 43 heavy (non-hydrogen) atoms. The minimum absolute atomic E-state index is 0.0903. The molecule has 1 unspecified atom stereocenters. The highest BCUT2D eigenvalue weighted by molar-refractivity contribution is 6.00. The summed E-state index contributed by atoms with van der Waals surface area (Å²) in [6.45, 7) is 5.29. The topological polar surface area (TPSA) is 70.7 Å². The molecule has 0 spiro atoms. The van der Waals surface area contributed by atoms with E-state index in [0.717, 1.165) is 56.4 Å². The minimum atomic E-state index is -0.667. The van der Waals surface area contributed by atoms with Gasteiger partial charge in [-0.15, -0.1) is 0 Å². The lowest BCUT2D eigenvalue weighted by molar-refractivity contribution is -0.125. The lowest BCUT2D eigenvalue weighted by Gasteiger charge is -2.31. The molecule has 0 saturated carbocycles. The molecular formula is C37H39N3O3. The second kappa shape index (κ2) is 12.8. The number of ether oxygens (including phenoxy) is 1. The number of carbonyl (C=O) groups excluding carboxylic acids is 2. The van der Waals surface area contributed by atoms with E-state index in [-0.39, 0.29) is 17.9 Å². The van der Waals surface area contributed by atoms with Crippen LogP contribution < -0.4 is 15.4 Å². The summed E-state index contributed by atoms with van der Waals surface area (Å²) in [5, 5.41) is 6.38. The molecule has 2 N–H and O–H groups in total. The zero-order chi connectivity index (χ0) is 29.6. The molecule has 1 atom stereocenters. The summed E-state index contributed by atoms with van der Waals surface area (Å²) < 4.78 is 6.01. The maximum Gasteiger partial charge on any atom is 0.255 e. The van der Waals surface area contributed by atoms with Gasteiger partial charge in [-0.05, 0) is 79.3 Å². The Morgan fingerprint density at radius 2 is 1.49 bits per heavy atom. The van der Waals surface area contributed by atoms with E-state index in [0.29, 0.717) is 23.6 Å². The number of fused-ring (bicyclic) bond motifs is 3. The molecule has 0 aromatic heterocycles. The van der Waals surface area contributed by atoms with Gasteiger partial charge in [0.25, 0.3) is 5.91 Å². The Bertz CT molecular complexity index is 1540. The highest BCUT2D eigenvalue weighted by Crippen LogP contribution is 2.51. The Morgan fingerprint density at radius 1 is 0.837 bits per heavy atom.